The van der Waals surface area contributed by atoms with Crippen LogP contribution in [0, 0.1) is 0 Å². The van der Waals surface area contributed by atoms with Gasteiger partial charge in [0.25, 0.3) is 0 Å². The lowest BCUT2D eigenvalue weighted by atomic mass is 10.2. The number of hydrogen-bond acceptors (Lipinski definition) is 2. The summed E-state index contributed by atoms with van der Waals surface area (Å²) in [5.74, 6) is 2.60. The molecule has 2 heteroatoms. The monoisotopic (exact) mass is 200 g/mol. The molecule has 0 aromatic rings. The summed E-state index contributed by atoms with van der Waals surface area (Å²) in [5, 5.41) is 0. The van der Waals surface area contributed by atoms with E-state index in [9.17, 15) is 0 Å². The summed E-state index contributed by atoms with van der Waals surface area (Å²) in [4.78, 5) is 0. The standard InChI is InChI=1S/C10H16S2/c1-8(2)7-9(3)10-11-5-4-6-12-10/h7H,4-6H2,1-3H3. The van der Waals surface area contributed by atoms with Crippen LogP contribution in [0.25, 0.3) is 0 Å². The molecule has 1 heterocycles. The Morgan fingerprint density at radius 1 is 1.17 bits per heavy atom. The van der Waals surface area contributed by atoms with Crippen LogP contribution in [0.15, 0.2) is 21.5 Å². The summed E-state index contributed by atoms with van der Waals surface area (Å²) < 4.78 is 1.53. The second-order valence-electron chi connectivity index (χ2n) is 3.24. The fourth-order valence-electron chi connectivity index (χ4n) is 1.15. The highest BCUT2D eigenvalue weighted by Gasteiger charge is 2.08. The van der Waals surface area contributed by atoms with Gasteiger partial charge in [0.1, 0.15) is 0 Å². The minimum Gasteiger partial charge on any atom is -0.119 e. The Morgan fingerprint density at radius 3 is 2.25 bits per heavy atom. The lowest BCUT2D eigenvalue weighted by Crippen LogP contribution is -1.93. The second kappa shape index (κ2) is 5.03. The Morgan fingerprint density at radius 2 is 1.75 bits per heavy atom. The maximum absolute atomic E-state index is 2.28. The number of rotatable bonds is 1. The van der Waals surface area contributed by atoms with Crippen molar-refractivity contribution in [3.05, 3.63) is 21.5 Å². The average molecular weight is 200 g/mol. The fourth-order valence-corrected chi connectivity index (χ4v) is 3.69. The van der Waals surface area contributed by atoms with Gasteiger partial charge in [0.2, 0.25) is 0 Å². The molecule has 1 aliphatic rings. The maximum atomic E-state index is 2.28. The molecule has 0 unspecified atom stereocenters. The molecule has 0 N–H and O–H groups in total. The Balaban J connectivity index is 2.67. The molecule has 0 bridgehead atoms. The van der Waals surface area contributed by atoms with Crippen molar-refractivity contribution in [1.29, 1.82) is 0 Å². The van der Waals surface area contributed by atoms with E-state index in [1.54, 1.807) is 0 Å². The van der Waals surface area contributed by atoms with Crippen molar-refractivity contribution in [3.8, 4) is 0 Å². The van der Waals surface area contributed by atoms with Gasteiger partial charge in [-0.15, -0.1) is 23.5 Å². The summed E-state index contributed by atoms with van der Waals surface area (Å²) in [6.07, 6.45) is 3.64. The zero-order chi connectivity index (χ0) is 8.97. The van der Waals surface area contributed by atoms with E-state index < -0.39 is 0 Å². The van der Waals surface area contributed by atoms with Crippen molar-refractivity contribution < 1.29 is 0 Å². The Labute approximate surface area is 83.9 Å². The third-order valence-electron chi connectivity index (χ3n) is 1.58. The van der Waals surface area contributed by atoms with E-state index in [1.807, 2.05) is 23.5 Å². The van der Waals surface area contributed by atoms with E-state index in [0.29, 0.717) is 0 Å². The van der Waals surface area contributed by atoms with Gasteiger partial charge in [-0.05, 0) is 44.3 Å². The molecule has 0 saturated carbocycles. The number of hydrogen-bond donors (Lipinski definition) is 0. The van der Waals surface area contributed by atoms with Crippen molar-refractivity contribution >= 4 is 23.5 Å². The van der Waals surface area contributed by atoms with Gasteiger partial charge in [0.05, 0.1) is 0 Å². The van der Waals surface area contributed by atoms with Crippen LogP contribution in [0.3, 0.4) is 0 Å². The van der Waals surface area contributed by atoms with Gasteiger partial charge in [0, 0.05) is 4.24 Å². The molecule has 0 spiro atoms. The molecule has 1 saturated heterocycles. The highest BCUT2D eigenvalue weighted by molar-refractivity contribution is 8.22. The Hall–Kier alpha value is 0.180. The minimum atomic E-state index is 1.30. The predicted molar refractivity (Wildman–Crippen MR) is 61.7 cm³/mol. The van der Waals surface area contributed by atoms with E-state index >= 15 is 0 Å². The molecular weight excluding hydrogens is 184 g/mol. The van der Waals surface area contributed by atoms with Crippen LogP contribution in [0.4, 0.5) is 0 Å². The predicted octanol–water partition coefficient (Wildman–Crippen LogP) is 4.05. The maximum Gasteiger partial charge on any atom is 0.0430 e. The molecule has 0 radical (unpaired) electrons. The van der Waals surface area contributed by atoms with Crippen LogP contribution in [-0.4, -0.2) is 11.5 Å². The van der Waals surface area contributed by atoms with Crippen LogP contribution >= 0.6 is 23.5 Å². The molecule has 0 nitrogen and oxygen atoms in total. The Kier molecular flexibility index (Phi) is 4.30. The Bertz CT molecular complexity index is 202. The average Bonchev–Trinajstić information content (AvgIpc) is 2.05. The van der Waals surface area contributed by atoms with Gasteiger partial charge < -0.3 is 0 Å². The first-order valence-corrected chi connectivity index (χ1v) is 6.28. The summed E-state index contributed by atoms with van der Waals surface area (Å²) in [6, 6.07) is 0. The van der Waals surface area contributed by atoms with Gasteiger partial charge in [-0.2, -0.15) is 0 Å². The van der Waals surface area contributed by atoms with E-state index in [-0.39, 0.29) is 0 Å². The molecule has 0 aliphatic carbocycles. The lowest BCUT2D eigenvalue weighted by molar-refractivity contribution is 1.12. The van der Waals surface area contributed by atoms with Crippen LogP contribution in [0.1, 0.15) is 27.2 Å². The van der Waals surface area contributed by atoms with E-state index in [1.165, 1.54) is 33.3 Å². The quantitative estimate of drug-likeness (QED) is 0.626. The SMILES string of the molecule is CC(C)=CC(C)=C1SCCCS1. The number of allylic oxidation sites excluding steroid dienone is 3. The van der Waals surface area contributed by atoms with Crippen molar-refractivity contribution in [2.45, 2.75) is 27.2 Å². The number of thioether (sulfide) groups is 2. The molecule has 1 rings (SSSR count). The van der Waals surface area contributed by atoms with Gasteiger partial charge in [-0.25, -0.2) is 0 Å². The van der Waals surface area contributed by atoms with Crippen LogP contribution in [0.2, 0.25) is 0 Å². The summed E-state index contributed by atoms with van der Waals surface area (Å²) in [6.45, 7) is 6.53. The first-order chi connectivity index (χ1) is 5.70. The molecule has 1 fully saturated rings. The first-order valence-electron chi connectivity index (χ1n) is 4.31. The van der Waals surface area contributed by atoms with Crippen molar-refractivity contribution in [2.24, 2.45) is 0 Å². The highest BCUT2D eigenvalue weighted by Crippen LogP contribution is 2.37. The first kappa shape index (κ1) is 10.3. The van der Waals surface area contributed by atoms with E-state index in [2.05, 4.69) is 26.8 Å². The van der Waals surface area contributed by atoms with Crippen LogP contribution < -0.4 is 0 Å². The van der Waals surface area contributed by atoms with Crippen LogP contribution in [-0.2, 0) is 0 Å². The molecular formula is C10H16S2. The van der Waals surface area contributed by atoms with Gasteiger partial charge in [0.15, 0.2) is 0 Å². The third kappa shape index (κ3) is 3.28. The zero-order valence-corrected chi connectivity index (χ0v) is 9.65. The van der Waals surface area contributed by atoms with Crippen molar-refractivity contribution in [1.82, 2.24) is 0 Å². The zero-order valence-electron chi connectivity index (χ0n) is 8.02. The van der Waals surface area contributed by atoms with E-state index in [0.717, 1.165) is 0 Å². The largest absolute Gasteiger partial charge is 0.119 e. The second-order valence-corrected chi connectivity index (χ2v) is 5.71. The van der Waals surface area contributed by atoms with Crippen molar-refractivity contribution in [3.63, 3.8) is 0 Å². The van der Waals surface area contributed by atoms with Crippen LogP contribution in [0.5, 0.6) is 0 Å². The summed E-state index contributed by atoms with van der Waals surface area (Å²) in [5.41, 5.74) is 2.84. The van der Waals surface area contributed by atoms with Gasteiger partial charge >= 0.3 is 0 Å². The molecule has 0 atom stereocenters. The smallest absolute Gasteiger partial charge is 0.0430 e. The lowest BCUT2D eigenvalue weighted by Gasteiger charge is -2.14. The van der Waals surface area contributed by atoms with Gasteiger partial charge in [-0.3, -0.25) is 0 Å². The topological polar surface area (TPSA) is 0 Å². The highest BCUT2D eigenvalue weighted by atomic mass is 32.2. The molecule has 1 aliphatic heterocycles. The van der Waals surface area contributed by atoms with Crippen molar-refractivity contribution in [2.75, 3.05) is 11.5 Å². The summed E-state index contributed by atoms with van der Waals surface area (Å²) in [7, 11) is 0. The van der Waals surface area contributed by atoms with Gasteiger partial charge in [-0.1, -0.05) is 11.6 Å². The molecule has 68 valence electrons. The van der Waals surface area contributed by atoms with E-state index in [4.69, 9.17) is 0 Å². The molecule has 0 amide bonds. The summed E-state index contributed by atoms with van der Waals surface area (Å²) >= 11 is 4.02. The fraction of sp³-hybridized carbons (Fsp3) is 0.600. The molecule has 12 heavy (non-hydrogen) atoms. The molecule has 0 aromatic heterocycles. The minimum absolute atomic E-state index is 1.30. The molecule has 0 aromatic carbocycles. The third-order valence-corrected chi connectivity index (χ3v) is 4.44. The normalized spacial score (nSPS) is 17.4.